The molecular formula is C22H38N2O3. The number of ether oxygens (including phenoxy) is 2. The minimum absolute atomic E-state index is 0.287. The number of hydrogen-bond donors (Lipinski definition) is 2. The summed E-state index contributed by atoms with van der Waals surface area (Å²) in [7, 11) is 1.65. The van der Waals surface area contributed by atoms with E-state index in [1.807, 2.05) is 12.1 Å². The summed E-state index contributed by atoms with van der Waals surface area (Å²) in [6, 6.07) is 6.00. The number of aliphatic hydroxyl groups excluding tert-OH is 1. The van der Waals surface area contributed by atoms with Gasteiger partial charge in [0.25, 0.3) is 0 Å². The lowest BCUT2D eigenvalue weighted by atomic mass is 10.1. The largest absolute Gasteiger partial charge is 0.493 e. The highest BCUT2D eigenvalue weighted by Gasteiger charge is 2.15. The maximum absolute atomic E-state index is 10.4. The van der Waals surface area contributed by atoms with Crippen LogP contribution in [0.4, 0.5) is 0 Å². The van der Waals surface area contributed by atoms with Crippen molar-refractivity contribution in [1.82, 2.24) is 10.2 Å². The molecule has 0 saturated carbocycles. The van der Waals surface area contributed by atoms with E-state index in [-0.39, 0.29) is 6.61 Å². The number of nitrogens with zero attached hydrogens (tertiary/aromatic N) is 1. The summed E-state index contributed by atoms with van der Waals surface area (Å²) in [5, 5.41) is 13.9. The van der Waals surface area contributed by atoms with Crippen molar-refractivity contribution in [2.45, 2.75) is 58.6 Å². The predicted molar refractivity (Wildman–Crippen MR) is 111 cm³/mol. The van der Waals surface area contributed by atoms with Gasteiger partial charge in [-0.2, -0.15) is 0 Å². The van der Waals surface area contributed by atoms with E-state index in [1.165, 1.54) is 32.1 Å². The molecule has 0 bridgehead atoms. The molecule has 1 aromatic rings. The second-order valence-corrected chi connectivity index (χ2v) is 8.04. The van der Waals surface area contributed by atoms with Gasteiger partial charge < -0.3 is 24.8 Å². The van der Waals surface area contributed by atoms with Crippen LogP contribution in [0, 0.1) is 5.92 Å². The molecule has 5 nitrogen and oxygen atoms in total. The monoisotopic (exact) mass is 378 g/mol. The molecule has 1 aromatic carbocycles. The first-order chi connectivity index (χ1) is 13.1. The molecule has 1 fully saturated rings. The van der Waals surface area contributed by atoms with E-state index in [1.54, 1.807) is 7.11 Å². The number of β-amino-alcohol motifs (C(OH)–C–C–N with tert-alkyl or cyclic N) is 1. The van der Waals surface area contributed by atoms with Gasteiger partial charge in [0.15, 0.2) is 11.5 Å². The molecule has 1 atom stereocenters. The predicted octanol–water partition coefficient (Wildman–Crippen LogP) is 3.45. The molecule has 2 rings (SSSR count). The number of aliphatic hydroxyl groups is 1. The van der Waals surface area contributed by atoms with Crippen LogP contribution < -0.4 is 14.8 Å². The van der Waals surface area contributed by atoms with Gasteiger partial charge in [0.05, 0.1) is 7.11 Å². The third-order valence-corrected chi connectivity index (χ3v) is 4.96. The quantitative estimate of drug-likeness (QED) is 0.653. The first-order valence-corrected chi connectivity index (χ1v) is 10.5. The molecule has 0 aromatic heterocycles. The van der Waals surface area contributed by atoms with Gasteiger partial charge in [-0.3, -0.25) is 0 Å². The van der Waals surface area contributed by atoms with Gasteiger partial charge in [-0.25, -0.2) is 0 Å². The first-order valence-electron chi connectivity index (χ1n) is 10.5. The molecular weight excluding hydrogens is 340 g/mol. The van der Waals surface area contributed by atoms with Gasteiger partial charge in [0, 0.05) is 13.1 Å². The van der Waals surface area contributed by atoms with Crippen LogP contribution >= 0.6 is 0 Å². The van der Waals surface area contributed by atoms with Crippen LogP contribution in [0.3, 0.4) is 0 Å². The minimum Gasteiger partial charge on any atom is -0.493 e. The van der Waals surface area contributed by atoms with E-state index in [0.717, 1.165) is 31.7 Å². The van der Waals surface area contributed by atoms with Crippen molar-refractivity contribution in [3.05, 3.63) is 23.8 Å². The molecule has 0 aliphatic carbocycles. The molecule has 154 valence electrons. The Labute approximate surface area is 165 Å². The highest BCUT2D eigenvalue weighted by Crippen LogP contribution is 2.28. The van der Waals surface area contributed by atoms with Gasteiger partial charge in [0.1, 0.15) is 12.7 Å². The standard InChI is InChI=1S/C22H38N2O3/c1-18(2)14-23-15-19-9-10-21(26-3)22(13-19)27-17-20(25)16-24-11-7-5-4-6-8-12-24/h9-10,13,18,20,23,25H,4-8,11-12,14-17H2,1-3H3. The fourth-order valence-corrected chi connectivity index (χ4v) is 3.48. The van der Waals surface area contributed by atoms with Crippen LogP contribution in [0.1, 0.15) is 51.5 Å². The number of hydrogen-bond acceptors (Lipinski definition) is 5. The number of benzene rings is 1. The normalized spacial score (nSPS) is 17.4. The summed E-state index contributed by atoms with van der Waals surface area (Å²) in [6.45, 7) is 9.31. The first kappa shape index (κ1) is 22.0. The van der Waals surface area contributed by atoms with Gasteiger partial charge in [-0.1, -0.05) is 39.2 Å². The SMILES string of the molecule is COc1ccc(CNCC(C)C)cc1OCC(O)CN1CCCCCCC1. The molecule has 0 radical (unpaired) electrons. The van der Waals surface area contributed by atoms with Gasteiger partial charge in [0.2, 0.25) is 0 Å². The topological polar surface area (TPSA) is 54.0 Å². The number of rotatable bonds is 10. The lowest BCUT2D eigenvalue weighted by molar-refractivity contribution is 0.0644. The fraction of sp³-hybridized carbons (Fsp3) is 0.727. The highest BCUT2D eigenvalue weighted by atomic mass is 16.5. The third-order valence-electron chi connectivity index (χ3n) is 4.96. The number of nitrogens with one attached hydrogen (secondary N) is 1. The maximum Gasteiger partial charge on any atom is 0.161 e. The zero-order chi connectivity index (χ0) is 19.5. The molecule has 1 saturated heterocycles. The zero-order valence-electron chi connectivity index (χ0n) is 17.4. The van der Waals surface area contributed by atoms with E-state index in [9.17, 15) is 5.11 Å². The molecule has 1 heterocycles. The summed E-state index contributed by atoms with van der Waals surface area (Å²) < 4.78 is 11.3. The average molecular weight is 379 g/mol. The zero-order valence-corrected chi connectivity index (χ0v) is 17.4. The lowest BCUT2D eigenvalue weighted by Crippen LogP contribution is -2.37. The molecule has 0 amide bonds. The molecule has 1 unspecified atom stereocenters. The van der Waals surface area contributed by atoms with Crippen molar-refractivity contribution >= 4 is 0 Å². The lowest BCUT2D eigenvalue weighted by Gasteiger charge is -2.26. The summed E-state index contributed by atoms with van der Waals surface area (Å²) in [5.41, 5.74) is 1.16. The van der Waals surface area contributed by atoms with Crippen molar-refractivity contribution in [3.8, 4) is 11.5 Å². The van der Waals surface area contributed by atoms with Crippen LogP contribution in [0.25, 0.3) is 0 Å². The molecule has 2 N–H and O–H groups in total. The Morgan fingerprint density at radius 3 is 2.44 bits per heavy atom. The Bertz CT molecular complexity index is 528. The Hall–Kier alpha value is -1.30. The molecule has 1 aliphatic rings. The van der Waals surface area contributed by atoms with Gasteiger partial charge >= 0.3 is 0 Å². The Balaban J connectivity index is 1.84. The second kappa shape index (κ2) is 12.2. The third kappa shape index (κ3) is 8.50. The van der Waals surface area contributed by atoms with Crippen molar-refractivity contribution in [2.75, 3.05) is 39.9 Å². The van der Waals surface area contributed by atoms with Crippen LogP contribution in [0.15, 0.2) is 18.2 Å². The highest BCUT2D eigenvalue weighted by molar-refractivity contribution is 5.43. The van der Waals surface area contributed by atoms with Crippen molar-refractivity contribution in [2.24, 2.45) is 5.92 Å². The Morgan fingerprint density at radius 2 is 1.78 bits per heavy atom. The summed E-state index contributed by atoms with van der Waals surface area (Å²) in [6.07, 6.45) is 5.92. The van der Waals surface area contributed by atoms with Gasteiger partial charge in [-0.15, -0.1) is 0 Å². The fourth-order valence-electron chi connectivity index (χ4n) is 3.48. The van der Waals surface area contributed by atoms with Crippen molar-refractivity contribution in [1.29, 1.82) is 0 Å². The van der Waals surface area contributed by atoms with Gasteiger partial charge in [-0.05, 0) is 56.1 Å². The maximum atomic E-state index is 10.4. The average Bonchev–Trinajstić information content (AvgIpc) is 2.62. The smallest absolute Gasteiger partial charge is 0.161 e. The minimum atomic E-state index is -0.489. The van der Waals surface area contributed by atoms with Crippen LogP contribution in [-0.2, 0) is 6.54 Å². The molecule has 5 heteroatoms. The summed E-state index contributed by atoms with van der Waals surface area (Å²) in [5.74, 6) is 2.03. The molecule has 0 spiro atoms. The summed E-state index contributed by atoms with van der Waals surface area (Å²) >= 11 is 0. The van der Waals surface area contributed by atoms with Crippen molar-refractivity contribution in [3.63, 3.8) is 0 Å². The number of likely N-dealkylation sites (tertiary alicyclic amines) is 1. The van der Waals surface area contributed by atoms with Crippen LogP contribution in [0.5, 0.6) is 11.5 Å². The van der Waals surface area contributed by atoms with Crippen molar-refractivity contribution < 1.29 is 14.6 Å². The second-order valence-electron chi connectivity index (χ2n) is 8.04. The van der Waals surface area contributed by atoms with E-state index < -0.39 is 6.10 Å². The van der Waals surface area contributed by atoms with E-state index in [2.05, 4.69) is 30.1 Å². The van der Waals surface area contributed by atoms with E-state index in [0.29, 0.717) is 24.0 Å². The van der Waals surface area contributed by atoms with Crippen LogP contribution in [-0.4, -0.2) is 56.0 Å². The Kier molecular flexibility index (Phi) is 9.95. The number of methoxy groups -OCH3 is 1. The Morgan fingerprint density at radius 1 is 1.07 bits per heavy atom. The van der Waals surface area contributed by atoms with E-state index in [4.69, 9.17) is 9.47 Å². The summed E-state index contributed by atoms with van der Waals surface area (Å²) in [4.78, 5) is 2.37. The van der Waals surface area contributed by atoms with Crippen LogP contribution in [0.2, 0.25) is 0 Å². The molecule has 1 aliphatic heterocycles. The van der Waals surface area contributed by atoms with E-state index >= 15 is 0 Å². The molecule has 27 heavy (non-hydrogen) atoms.